The first-order valence-corrected chi connectivity index (χ1v) is 10.4. The van der Waals surface area contributed by atoms with Crippen molar-refractivity contribution in [1.29, 1.82) is 0 Å². The largest absolute Gasteiger partial charge is 0.465 e. The number of halogens is 1. The maximum atomic E-state index is 13.1. The first-order chi connectivity index (χ1) is 12.9. The number of benzene rings is 1. The Kier molecular flexibility index (Phi) is 6.15. The van der Waals surface area contributed by atoms with Crippen LogP contribution in [0.2, 0.25) is 5.02 Å². The summed E-state index contributed by atoms with van der Waals surface area (Å²) in [7, 11) is -3.85. The van der Waals surface area contributed by atoms with Gasteiger partial charge in [0.05, 0.1) is 17.8 Å². The zero-order valence-electron chi connectivity index (χ0n) is 14.8. The number of nitrogens with one attached hydrogen (secondary N) is 1. The van der Waals surface area contributed by atoms with Gasteiger partial charge in [0.15, 0.2) is 0 Å². The maximum absolute atomic E-state index is 13.1. The molecule has 1 unspecified atom stereocenters. The van der Waals surface area contributed by atoms with Crippen LogP contribution in [0.15, 0.2) is 41.7 Å². The average molecular weight is 413 g/mol. The third kappa shape index (κ3) is 4.49. The van der Waals surface area contributed by atoms with Gasteiger partial charge in [-0.1, -0.05) is 11.6 Å². The smallest absolute Gasteiger partial charge is 0.325 e. The Morgan fingerprint density at radius 3 is 2.70 bits per heavy atom. The number of ether oxygens (including phenoxy) is 1. The monoisotopic (exact) mass is 412 g/mol. The van der Waals surface area contributed by atoms with Crippen LogP contribution in [-0.4, -0.2) is 65.8 Å². The van der Waals surface area contributed by atoms with E-state index in [4.69, 9.17) is 16.3 Å². The van der Waals surface area contributed by atoms with Gasteiger partial charge in [0.1, 0.15) is 6.04 Å². The highest BCUT2D eigenvalue weighted by Crippen LogP contribution is 2.24. The van der Waals surface area contributed by atoms with Gasteiger partial charge >= 0.3 is 5.97 Å². The van der Waals surface area contributed by atoms with E-state index in [1.54, 1.807) is 19.4 Å². The molecule has 3 rings (SSSR count). The molecule has 1 saturated heterocycles. The van der Waals surface area contributed by atoms with Gasteiger partial charge in [-0.05, 0) is 31.2 Å². The number of H-pyrrole nitrogens is 1. The zero-order valence-corrected chi connectivity index (χ0v) is 16.4. The van der Waals surface area contributed by atoms with E-state index in [2.05, 4.69) is 9.97 Å². The fraction of sp³-hybridized carbons (Fsp3) is 0.412. The van der Waals surface area contributed by atoms with E-state index in [9.17, 15) is 13.2 Å². The number of piperazine rings is 1. The first kappa shape index (κ1) is 19.8. The van der Waals surface area contributed by atoms with Gasteiger partial charge in [0, 0.05) is 43.1 Å². The van der Waals surface area contributed by atoms with Gasteiger partial charge in [-0.2, -0.15) is 4.31 Å². The normalized spacial score (nSPS) is 19.1. The summed E-state index contributed by atoms with van der Waals surface area (Å²) >= 11 is 5.86. The Hall–Kier alpha value is -1.94. The second-order valence-electron chi connectivity index (χ2n) is 6.15. The van der Waals surface area contributed by atoms with Gasteiger partial charge in [-0.25, -0.2) is 13.4 Å². The molecule has 2 heterocycles. The van der Waals surface area contributed by atoms with Crippen molar-refractivity contribution in [1.82, 2.24) is 19.2 Å². The summed E-state index contributed by atoms with van der Waals surface area (Å²) in [5.74, 6) is -0.552. The first-order valence-electron chi connectivity index (χ1n) is 8.55. The van der Waals surface area contributed by atoms with E-state index >= 15 is 0 Å². The van der Waals surface area contributed by atoms with Crippen molar-refractivity contribution in [2.24, 2.45) is 0 Å². The van der Waals surface area contributed by atoms with Crippen molar-refractivity contribution in [2.45, 2.75) is 24.4 Å². The van der Waals surface area contributed by atoms with Crippen LogP contribution >= 0.6 is 11.6 Å². The molecule has 1 fully saturated rings. The minimum Gasteiger partial charge on any atom is -0.465 e. The minimum absolute atomic E-state index is 0.100. The highest BCUT2D eigenvalue weighted by Gasteiger charge is 2.41. The summed E-state index contributed by atoms with van der Waals surface area (Å²) in [6.45, 7) is 3.34. The van der Waals surface area contributed by atoms with E-state index in [0.717, 1.165) is 5.69 Å². The Morgan fingerprint density at radius 1 is 1.33 bits per heavy atom. The zero-order chi connectivity index (χ0) is 19.4. The lowest BCUT2D eigenvalue weighted by Crippen LogP contribution is -2.58. The topological polar surface area (TPSA) is 95.6 Å². The molecule has 0 amide bonds. The number of aromatic nitrogens is 2. The lowest BCUT2D eigenvalue weighted by atomic mass is 10.2. The third-order valence-corrected chi connectivity index (χ3v) is 6.52. The molecule has 0 saturated carbocycles. The van der Waals surface area contributed by atoms with Crippen LogP contribution in [0.1, 0.15) is 12.6 Å². The Balaban J connectivity index is 1.84. The predicted molar refractivity (Wildman–Crippen MR) is 99.6 cm³/mol. The van der Waals surface area contributed by atoms with Crippen LogP contribution in [0, 0.1) is 0 Å². The number of aromatic amines is 1. The van der Waals surface area contributed by atoms with Crippen molar-refractivity contribution >= 4 is 27.6 Å². The third-order valence-electron chi connectivity index (χ3n) is 4.34. The van der Waals surface area contributed by atoms with E-state index in [0.29, 0.717) is 18.1 Å². The molecule has 27 heavy (non-hydrogen) atoms. The molecule has 1 aromatic carbocycles. The molecule has 0 aliphatic carbocycles. The molecule has 8 nitrogen and oxygen atoms in total. The van der Waals surface area contributed by atoms with E-state index in [-0.39, 0.29) is 24.6 Å². The number of carbonyl (C=O) groups is 1. The predicted octanol–water partition coefficient (Wildman–Crippen LogP) is 1.50. The van der Waals surface area contributed by atoms with E-state index in [1.807, 2.05) is 4.90 Å². The fourth-order valence-electron chi connectivity index (χ4n) is 3.04. The van der Waals surface area contributed by atoms with Gasteiger partial charge in [-0.15, -0.1) is 0 Å². The number of imidazole rings is 1. The van der Waals surface area contributed by atoms with Crippen molar-refractivity contribution in [3.8, 4) is 0 Å². The van der Waals surface area contributed by atoms with Crippen LogP contribution in [0.3, 0.4) is 0 Å². The summed E-state index contributed by atoms with van der Waals surface area (Å²) in [6, 6.07) is 5.00. The summed E-state index contributed by atoms with van der Waals surface area (Å²) in [6.07, 6.45) is 3.29. The van der Waals surface area contributed by atoms with Crippen LogP contribution in [0.5, 0.6) is 0 Å². The fourth-order valence-corrected chi connectivity index (χ4v) is 4.73. The summed E-state index contributed by atoms with van der Waals surface area (Å²) in [5, 5.41) is 0.445. The van der Waals surface area contributed by atoms with Crippen molar-refractivity contribution in [3.63, 3.8) is 0 Å². The number of esters is 1. The molecule has 1 N–H and O–H groups in total. The second-order valence-corrected chi connectivity index (χ2v) is 8.48. The van der Waals surface area contributed by atoms with Crippen molar-refractivity contribution < 1.29 is 17.9 Å². The molecule has 2 aromatic rings. The lowest BCUT2D eigenvalue weighted by Gasteiger charge is -2.38. The Bertz CT molecular complexity index is 871. The van der Waals surface area contributed by atoms with Gasteiger partial charge < -0.3 is 9.72 Å². The number of hydrogen-bond acceptors (Lipinski definition) is 6. The van der Waals surface area contributed by atoms with Crippen molar-refractivity contribution in [2.75, 3.05) is 26.2 Å². The molecule has 0 spiro atoms. The molecule has 10 heteroatoms. The number of nitrogens with zero attached hydrogens (tertiary/aromatic N) is 3. The van der Waals surface area contributed by atoms with Crippen LogP contribution in [0.4, 0.5) is 0 Å². The SMILES string of the molecule is CCOC(=O)C1CN(Cc2cnc[nH]2)CCN1S(=O)(=O)c1ccc(Cl)cc1. The second kappa shape index (κ2) is 8.39. The van der Waals surface area contributed by atoms with E-state index in [1.165, 1.54) is 28.6 Å². The molecular formula is C17H21ClN4O4S. The average Bonchev–Trinajstić information content (AvgIpc) is 3.15. The van der Waals surface area contributed by atoms with Crippen molar-refractivity contribution in [3.05, 3.63) is 47.5 Å². The molecule has 0 bridgehead atoms. The summed E-state index contributed by atoms with van der Waals surface area (Å²) < 4.78 is 32.5. The Morgan fingerprint density at radius 2 is 2.07 bits per heavy atom. The number of hydrogen-bond donors (Lipinski definition) is 1. The van der Waals surface area contributed by atoms with Crippen LogP contribution < -0.4 is 0 Å². The highest BCUT2D eigenvalue weighted by molar-refractivity contribution is 7.89. The molecule has 1 atom stereocenters. The lowest BCUT2D eigenvalue weighted by molar-refractivity contribution is -0.149. The standard InChI is InChI=1S/C17H21ClN4O4S/c1-2-26-17(23)16-11-21(10-14-9-19-12-20-14)7-8-22(16)27(24,25)15-5-3-13(18)4-6-15/h3-6,9,12,16H,2,7-8,10-11H2,1H3,(H,19,20). The number of rotatable bonds is 6. The quantitative estimate of drug-likeness (QED) is 0.722. The molecule has 1 aliphatic heterocycles. The minimum atomic E-state index is -3.85. The van der Waals surface area contributed by atoms with Gasteiger partial charge in [0.25, 0.3) is 0 Å². The van der Waals surface area contributed by atoms with Crippen LogP contribution in [0.25, 0.3) is 0 Å². The van der Waals surface area contributed by atoms with E-state index < -0.39 is 22.0 Å². The number of sulfonamides is 1. The molecule has 1 aromatic heterocycles. The highest BCUT2D eigenvalue weighted by atomic mass is 35.5. The molecule has 1 aliphatic rings. The maximum Gasteiger partial charge on any atom is 0.325 e. The Labute approximate surface area is 163 Å². The number of carbonyl (C=O) groups excluding carboxylic acids is 1. The molecule has 146 valence electrons. The molecule has 0 radical (unpaired) electrons. The molecular weight excluding hydrogens is 392 g/mol. The summed E-state index contributed by atoms with van der Waals surface area (Å²) in [4.78, 5) is 21.6. The van der Waals surface area contributed by atoms with Crippen LogP contribution in [-0.2, 0) is 26.1 Å². The summed E-state index contributed by atoms with van der Waals surface area (Å²) in [5.41, 5.74) is 0.895. The van der Waals surface area contributed by atoms with Gasteiger partial charge in [0.2, 0.25) is 10.0 Å². The van der Waals surface area contributed by atoms with Gasteiger partial charge in [-0.3, -0.25) is 9.69 Å².